The standard InChI is InChI=1S/C20H22Cl2N4O4S/c21-15-8-4-5-9-17(15)26-31(29,30)18-12-13(10-11-16(18)22)19(27)24-25-20(28)23-14-6-2-1-3-7-14/h4-5,8-12,14,26H,1-3,6-7H2,(H,24,27)(H2,23,25,28). The number of hydrogen-bond donors (Lipinski definition) is 4. The Labute approximate surface area is 190 Å². The average molecular weight is 485 g/mol. The predicted octanol–water partition coefficient (Wildman–Crippen LogP) is 4.07. The van der Waals surface area contributed by atoms with Gasteiger partial charge in [-0.1, -0.05) is 54.6 Å². The molecule has 2 aromatic rings. The van der Waals surface area contributed by atoms with E-state index >= 15 is 0 Å². The highest BCUT2D eigenvalue weighted by Gasteiger charge is 2.22. The number of benzene rings is 2. The van der Waals surface area contributed by atoms with Gasteiger partial charge in [-0.05, 0) is 43.2 Å². The predicted molar refractivity (Wildman–Crippen MR) is 120 cm³/mol. The van der Waals surface area contributed by atoms with Crippen molar-refractivity contribution in [3.8, 4) is 0 Å². The van der Waals surface area contributed by atoms with Crippen LogP contribution >= 0.6 is 23.2 Å². The molecule has 1 aliphatic carbocycles. The lowest BCUT2D eigenvalue weighted by atomic mass is 9.96. The Morgan fingerprint density at radius 2 is 1.61 bits per heavy atom. The number of sulfonamides is 1. The van der Waals surface area contributed by atoms with Crippen molar-refractivity contribution in [2.75, 3.05) is 4.72 Å². The minimum absolute atomic E-state index is 0.00176. The number of hydrogen-bond acceptors (Lipinski definition) is 4. The summed E-state index contributed by atoms with van der Waals surface area (Å²) in [6.07, 6.45) is 5.07. The fraction of sp³-hybridized carbons (Fsp3) is 0.300. The lowest BCUT2D eigenvalue weighted by molar-refractivity contribution is 0.0935. The summed E-state index contributed by atoms with van der Waals surface area (Å²) >= 11 is 12.1. The second-order valence-corrected chi connectivity index (χ2v) is 9.58. The highest BCUT2D eigenvalue weighted by Crippen LogP contribution is 2.28. The summed E-state index contributed by atoms with van der Waals surface area (Å²) in [4.78, 5) is 24.1. The fourth-order valence-electron chi connectivity index (χ4n) is 3.25. The number of hydrazine groups is 1. The minimum Gasteiger partial charge on any atom is -0.334 e. The monoisotopic (exact) mass is 484 g/mol. The molecule has 31 heavy (non-hydrogen) atoms. The third kappa shape index (κ3) is 6.25. The van der Waals surface area contributed by atoms with Gasteiger partial charge in [-0.3, -0.25) is 14.9 Å². The third-order valence-electron chi connectivity index (χ3n) is 4.83. The van der Waals surface area contributed by atoms with Crippen molar-refractivity contribution in [1.82, 2.24) is 16.2 Å². The molecule has 166 valence electrons. The Morgan fingerprint density at radius 1 is 0.903 bits per heavy atom. The normalized spacial score (nSPS) is 14.5. The molecule has 8 nitrogen and oxygen atoms in total. The Bertz CT molecular complexity index is 1070. The van der Waals surface area contributed by atoms with Gasteiger partial charge in [-0.2, -0.15) is 0 Å². The topological polar surface area (TPSA) is 116 Å². The van der Waals surface area contributed by atoms with Crippen LogP contribution in [0.25, 0.3) is 0 Å². The van der Waals surface area contributed by atoms with Gasteiger partial charge in [0, 0.05) is 11.6 Å². The first kappa shape index (κ1) is 23.2. The van der Waals surface area contributed by atoms with Crippen LogP contribution in [-0.4, -0.2) is 26.4 Å². The van der Waals surface area contributed by atoms with E-state index < -0.39 is 22.0 Å². The van der Waals surface area contributed by atoms with Crippen LogP contribution in [0.15, 0.2) is 47.4 Å². The number of carbonyl (C=O) groups is 2. The summed E-state index contributed by atoms with van der Waals surface area (Å²) < 4.78 is 27.9. The van der Waals surface area contributed by atoms with Crippen LogP contribution in [0.1, 0.15) is 42.5 Å². The Balaban J connectivity index is 1.67. The number of rotatable bonds is 5. The minimum atomic E-state index is -4.12. The van der Waals surface area contributed by atoms with Gasteiger partial charge in [0.25, 0.3) is 15.9 Å². The molecule has 1 aliphatic rings. The van der Waals surface area contributed by atoms with E-state index in [-0.39, 0.29) is 32.2 Å². The molecule has 1 saturated carbocycles. The van der Waals surface area contributed by atoms with Crippen molar-refractivity contribution in [2.45, 2.75) is 43.0 Å². The van der Waals surface area contributed by atoms with Gasteiger partial charge in [0.2, 0.25) is 0 Å². The van der Waals surface area contributed by atoms with Crippen molar-refractivity contribution in [1.29, 1.82) is 0 Å². The molecule has 0 aromatic heterocycles. The number of halogens is 2. The Kier molecular flexibility index (Phi) is 7.64. The number of amides is 3. The second kappa shape index (κ2) is 10.2. The average Bonchev–Trinajstić information content (AvgIpc) is 2.74. The van der Waals surface area contributed by atoms with Crippen molar-refractivity contribution >= 4 is 50.9 Å². The molecule has 2 aromatic carbocycles. The van der Waals surface area contributed by atoms with E-state index in [9.17, 15) is 18.0 Å². The SMILES string of the molecule is O=C(NNC(=O)c1ccc(Cl)c(S(=O)(=O)Nc2ccccc2Cl)c1)NC1CCCCC1. The quantitative estimate of drug-likeness (QED) is 0.478. The summed E-state index contributed by atoms with van der Waals surface area (Å²) in [5.74, 6) is -0.690. The Morgan fingerprint density at radius 3 is 2.32 bits per heavy atom. The molecular formula is C20H22Cl2N4O4S. The van der Waals surface area contributed by atoms with Gasteiger partial charge in [0.05, 0.1) is 15.7 Å². The van der Waals surface area contributed by atoms with Crippen LogP contribution < -0.4 is 20.9 Å². The smallest absolute Gasteiger partial charge is 0.333 e. The third-order valence-corrected chi connectivity index (χ3v) is 7.01. The second-order valence-electron chi connectivity index (χ2n) is 7.12. The van der Waals surface area contributed by atoms with Crippen LogP contribution in [-0.2, 0) is 10.0 Å². The summed E-state index contributed by atoms with van der Waals surface area (Å²) in [5.41, 5.74) is 4.73. The summed E-state index contributed by atoms with van der Waals surface area (Å²) in [6, 6.07) is 9.64. The van der Waals surface area contributed by atoms with Gasteiger partial charge >= 0.3 is 6.03 Å². The zero-order chi connectivity index (χ0) is 22.4. The molecule has 0 spiro atoms. The number of urea groups is 1. The summed E-state index contributed by atoms with van der Waals surface area (Å²) in [7, 11) is -4.12. The molecule has 0 aliphatic heterocycles. The number of nitrogens with one attached hydrogen (secondary N) is 4. The van der Waals surface area contributed by atoms with Crippen LogP contribution in [0.4, 0.5) is 10.5 Å². The van der Waals surface area contributed by atoms with Crippen molar-refractivity contribution in [3.05, 3.63) is 58.1 Å². The number of carbonyl (C=O) groups excluding carboxylic acids is 2. The van der Waals surface area contributed by atoms with E-state index in [4.69, 9.17) is 23.2 Å². The van der Waals surface area contributed by atoms with Crippen molar-refractivity contribution in [2.24, 2.45) is 0 Å². The molecule has 0 bridgehead atoms. The van der Waals surface area contributed by atoms with Gasteiger partial charge in [0.15, 0.2) is 0 Å². The molecule has 0 saturated heterocycles. The fourth-order valence-corrected chi connectivity index (χ4v) is 5.09. The summed E-state index contributed by atoms with van der Waals surface area (Å²) in [5, 5.41) is 2.94. The van der Waals surface area contributed by atoms with E-state index in [0.717, 1.165) is 38.2 Å². The first-order chi connectivity index (χ1) is 14.8. The van der Waals surface area contributed by atoms with E-state index in [0.29, 0.717) is 0 Å². The molecule has 3 amide bonds. The number of anilines is 1. The maximum atomic E-state index is 12.8. The summed E-state index contributed by atoms with van der Waals surface area (Å²) in [6.45, 7) is 0. The van der Waals surface area contributed by atoms with Crippen LogP contribution in [0, 0.1) is 0 Å². The van der Waals surface area contributed by atoms with E-state index in [1.807, 2.05) is 0 Å². The van der Waals surface area contributed by atoms with E-state index in [1.165, 1.54) is 24.3 Å². The maximum Gasteiger partial charge on any atom is 0.333 e. The van der Waals surface area contributed by atoms with Crippen LogP contribution in [0.2, 0.25) is 10.0 Å². The first-order valence-corrected chi connectivity index (χ1v) is 11.9. The van der Waals surface area contributed by atoms with E-state index in [1.54, 1.807) is 12.1 Å². The molecule has 3 rings (SSSR count). The van der Waals surface area contributed by atoms with Gasteiger partial charge in [0.1, 0.15) is 4.90 Å². The highest BCUT2D eigenvalue weighted by atomic mass is 35.5. The van der Waals surface area contributed by atoms with Crippen LogP contribution in [0.3, 0.4) is 0 Å². The number of para-hydroxylation sites is 1. The Hall–Kier alpha value is -2.49. The molecule has 0 radical (unpaired) electrons. The van der Waals surface area contributed by atoms with Crippen LogP contribution in [0.5, 0.6) is 0 Å². The largest absolute Gasteiger partial charge is 0.334 e. The zero-order valence-corrected chi connectivity index (χ0v) is 18.8. The molecule has 1 fully saturated rings. The molecule has 0 atom stereocenters. The maximum absolute atomic E-state index is 12.8. The molecule has 4 N–H and O–H groups in total. The van der Waals surface area contributed by atoms with Gasteiger partial charge in [-0.15, -0.1) is 0 Å². The van der Waals surface area contributed by atoms with Gasteiger partial charge < -0.3 is 5.32 Å². The van der Waals surface area contributed by atoms with Gasteiger partial charge in [-0.25, -0.2) is 18.6 Å². The van der Waals surface area contributed by atoms with Crippen molar-refractivity contribution < 1.29 is 18.0 Å². The van der Waals surface area contributed by atoms with E-state index in [2.05, 4.69) is 20.9 Å². The molecule has 0 heterocycles. The zero-order valence-electron chi connectivity index (χ0n) is 16.5. The highest BCUT2D eigenvalue weighted by molar-refractivity contribution is 7.92. The first-order valence-electron chi connectivity index (χ1n) is 9.70. The molecular weight excluding hydrogens is 463 g/mol. The molecule has 11 heteroatoms. The molecule has 0 unspecified atom stereocenters. The van der Waals surface area contributed by atoms with Crippen molar-refractivity contribution in [3.63, 3.8) is 0 Å². The lowest BCUT2D eigenvalue weighted by Gasteiger charge is -2.22. The lowest BCUT2D eigenvalue weighted by Crippen LogP contribution is -2.50.